The highest BCUT2D eigenvalue weighted by Crippen LogP contribution is 2.38. The summed E-state index contributed by atoms with van der Waals surface area (Å²) in [5.41, 5.74) is 7.28. The van der Waals surface area contributed by atoms with Crippen molar-refractivity contribution in [3.63, 3.8) is 0 Å². The zero-order chi connectivity index (χ0) is 24.4. The fourth-order valence-electron chi connectivity index (χ4n) is 3.82. The van der Waals surface area contributed by atoms with E-state index in [4.69, 9.17) is 33.7 Å². The van der Waals surface area contributed by atoms with E-state index in [2.05, 4.69) is 0 Å². The second-order valence-electron chi connectivity index (χ2n) is 8.31. The molecule has 34 heavy (non-hydrogen) atoms. The maximum Gasteiger partial charge on any atom is 0.262 e. The molecule has 0 unspecified atom stereocenters. The zero-order valence-corrected chi connectivity index (χ0v) is 20.0. The Hall–Kier alpha value is -3.09. The Morgan fingerprint density at radius 1 is 1.09 bits per heavy atom. The number of amides is 2. The van der Waals surface area contributed by atoms with Gasteiger partial charge >= 0.3 is 0 Å². The summed E-state index contributed by atoms with van der Waals surface area (Å²) in [4.78, 5) is 26.1. The van der Waals surface area contributed by atoms with Crippen molar-refractivity contribution in [1.29, 1.82) is 0 Å². The van der Waals surface area contributed by atoms with Gasteiger partial charge < -0.3 is 15.4 Å². The summed E-state index contributed by atoms with van der Waals surface area (Å²) in [5, 5.41) is 0.464. The van der Waals surface area contributed by atoms with Crippen LogP contribution in [-0.2, 0) is 0 Å². The lowest BCUT2D eigenvalue weighted by Gasteiger charge is -2.27. The second-order valence-corrected chi connectivity index (χ2v) is 9.12. The second kappa shape index (κ2) is 10.0. The molecule has 2 N–H and O–H groups in total. The van der Waals surface area contributed by atoms with Crippen LogP contribution in [0, 0.1) is 11.7 Å². The van der Waals surface area contributed by atoms with Crippen molar-refractivity contribution < 1.29 is 18.7 Å². The molecule has 1 saturated carbocycles. The van der Waals surface area contributed by atoms with Crippen molar-refractivity contribution in [2.75, 3.05) is 18.6 Å². The predicted molar refractivity (Wildman–Crippen MR) is 132 cm³/mol. The first-order valence-electron chi connectivity index (χ1n) is 10.8. The largest absolute Gasteiger partial charge is 0.491 e. The number of nitrogens with two attached hydrogens (primary N) is 1. The number of benzene rings is 3. The average Bonchev–Trinajstić information content (AvgIpc) is 2.77. The van der Waals surface area contributed by atoms with Crippen LogP contribution in [0.15, 0.2) is 54.6 Å². The molecule has 0 aromatic heterocycles. The lowest BCUT2D eigenvalue weighted by Crippen LogP contribution is -2.28. The molecule has 0 spiro atoms. The van der Waals surface area contributed by atoms with Crippen LogP contribution in [0.2, 0.25) is 10.0 Å². The van der Waals surface area contributed by atoms with E-state index >= 15 is 0 Å². The van der Waals surface area contributed by atoms with Crippen molar-refractivity contribution in [3.05, 3.63) is 81.6 Å². The highest BCUT2D eigenvalue weighted by Gasteiger charge is 2.25. The molecule has 0 heterocycles. The minimum absolute atomic E-state index is 0.0282. The first-order valence-corrected chi connectivity index (χ1v) is 11.6. The molecule has 3 aromatic carbocycles. The highest BCUT2D eigenvalue weighted by atomic mass is 35.5. The van der Waals surface area contributed by atoms with Gasteiger partial charge in [0, 0.05) is 23.2 Å². The van der Waals surface area contributed by atoms with Gasteiger partial charge in [0.15, 0.2) is 0 Å². The number of halogens is 3. The summed E-state index contributed by atoms with van der Waals surface area (Å²) in [5.74, 6) is -0.984. The molecule has 3 aromatic rings. The van der Waals surface area contributed by atoms with Crippen LogP contribution in [0.3, 0.4) is 0 Å². The maximum absolute atomic E-state index is 14.4. The lowest BCUT2D eigenvalue weighted by molar-refractivity contribution is 0.0984. The number of hydrogen-bond acceptors (Lipinski definition) is 3. The first-order chi connectivity index (χ1) is 16.3. The number of hydrogen-bond donors (Lipinski definition) is 1. The normalized spacial score (nSPS) is 13.3. The number of rotatable bonds is 7. The summed E-state index contributed by atoms with van der Waals surface area (Å²) in [6.45, 7) is 0.494. The molecule has 0 radical (unpaired) electrons. The molecular weight excluding hydrogens is 478 g/mol. The van der Waals surface area contributed by atoms with E-state index in [1.54, 1.807) is 36.4 Å². The van der Waals surface area contributed by atoms with Gasteiger partial charge in [-0.2, -0.15) is 0 Å². The summed E-state index contributed by atoms with van der Waals surface area (Å²) < 4.78 is 20.5. The molecule has 8 heteroatoms. The lowest BCUT2D eigenvalue weighted by atomic mass is 9.86. The van der Waals surface area contributed by atoms with Crippen LogP contribution in [0.5, 0.6) is 5.75 Å². The van der Waals surface area contributed by atoms with Gasteiger partial charge in [-0.05, 0) is 66.8 Å². The van der Waals surface area contributed by atoms with E-state index in [1.807, 2.05) is 0 Å². The summed E-state index contributed by atoms with van der Waals surface area (Å²) >= 11 is 12.5. The molecule has 2 amide bonds. The smallest absolute Gasteiger partial charge is 0.262 e. The Bertz CT molecular complexity index is 1240. The number of ether oxygens (including phenoxy) is 1. The molecule has 1 aliphatic carbocycles. The van der Waals surface area contributed by atoms with Gasteiger partial charge in [-0.3, -0.25) is 9.59 Å². The molecular formula is C26H23Cl2FN2O3. The van der Waals surface area contributed by atoms with Gasteiger partial charge in [-0.25, -0.2) is 4.39 Å². The summed E-state index contributed by atoms with van der Waals surface area (Å²) in [6.07, 6.45) is 3.34. The van der Waals surface area contributed by atoms with Crippen LogP contribution in [0.25, 0.3) is 11.1 Å². The number of carbonyl (C=O) groups is 2. The number of nitrogens with zero attached hydrogens (tertiary/aromatic N) is 1. The molecule has 5 nitrogen and oxygen atoms in total. The SMILES string of the molecule is CN(C(=O)c1c(F)cccc1Cl)c1ccc(-c2cc(C(N)=O)ccc2Cl)cc1OCC1CCC1. The number of primary amides is 1. The van der Waals surface area contributed by atoms with E-state index in [1.165, 1.54) is 36.6 Å². The van der Waals surface area contributed by atoms with E-state index < -0.39 is 17.6 Å². The Balaban J connectivity index is 1.74. The average molecular weight is 501 g/mol. The standard InChI is InChI=1S/C26H23Cl2FN2O3/c1-31(26(33)24-20(28)6-3-7-21(24)29)22-11-9-16(13-23(22)34-14-15-4-2-5-15)18-12-17(25(30)32)8-10-19(18)27/h3,6-13,15H,2,4-5,14H2,1H3,(H2,30,32). The van der Waals surface area contributed by atoms with Crippen molar-refractivity contribution in [2.24, 2.45) is 11.7 Å². The maximum atomic E-state index is 14.4. The minimum Gasteiger partial charge on any atom is -0.491 e. The molecule has 1 fully saturated rings. The summed E-state index contributed by atoms with van der Waals surface area (Å²) in [7, 11) is 1.54. The zero-order valence-electron chi connectivity index (χ0n) is 18.5. The molecule has 0 saturated heterocycles. The highest BCUT2D eigenvalue weighted by molar-refractivity contribution is 6.34. The van der Waals surface area contributed by atoms with Gasteiger partial charge in [0.05, 0.1) is 22.9 Å². The van der Waals surface area contributed by atoms with Gasteiger partial charge in [-0.15, -0.1) is 0 Å². The van der Waals surface area contributed by atoms with Crippen LogP contribution in [0.1, 0.15) is 40.0 Å². The fraction of sp³-hybridized carbons (Fsp3) is 0.231. The third kappa shape index (κ3) is 4.88. The van der Waals surface area contributed by atoms with Crippen molar-refractivity contribution in [3.8, 4) is 16.9 Å². The third-order valence-electron chi connectivity index (χ3n) is 6.06. The molecule has 4 rings (SSSR count). The predicted octanol–water partition coefficient (Wildman–Crippen LogP) is 6.35. The topological polar surface area (TPSA) is 72.6 Å². The van der Waals surface area contributed by atoms with E-state index in [9.17, 15) is 14.0 Å². The van der Waals surface area contributed by atoms with Crippen molar-refractivity contribution in [2.45, 2.75) is 19.3 Å². The van der Waals surface area contributed by atoms with E-state index in [0.717, 1.165) is 12.8 Å². The summed E-state index contributed by atoms with van der Waals surface area (Å²) in [6, 6.07) is 14.1. The molecule has 0 atom stereocenters. The Labute approximate surface area is 207 Å². The quantitative estimate of drug-likeness (QED) is 0.410. The first kappa shape index (κ1) is 24.0. The Morgan fingerprint density at radius 2 is 1.85 bits per heavy atom. The minimum atomic E-state index is -0.701. The van der Waals surface area contributed by atoms with Gasteiger partial charge in [0.25, 0.3) is 5.91 Å². The monoisotopic (exact) mass is 500 g/mol. The van der Waals surface area contributed by atoms with Crippen LogP contribution in [0.4, 0.5) is 10.1 Å². The van der Waals surface area contributed by atoms with Gasteiger partial charge in [0.1, 0.15) is 11.6 Å². The third-order valence-corrected chi connectivity index (χ3v) is 6.71. The van der Waals surface area contributed by atoms with Crippen LogP contribution >= 0.6 is 23.2 Å². The Morgan fingerprint density at radius 3 is 2.50 bits per heavy atom. The van der Waals surface area contributed by atoms with Crippen LogP contribution in [-0.4, -0.2) is 25.5 Å². The Kier molecular flexibility index (Phi) is 7.10. The van der Waals surface area contributed by atoms with Crippen molar-refractivity contribution in [1.82, 2.24) is 0 Å². The van der Waals surface area contributed by atoms with E-state index in [-0.39, 0.29) is 10.6 Å². The molecule has 1 aliphatic rings. The molecule has 176 valence electrons. The van der Waals surface area contributed by atoms with Gasteiger partial charge in [0.2, 0.25) is 5.91 Å². The van der Waals surface area contributed by atoms with Gasteiger partial charge in [-0.1, -0.05) is 41.8 Å². The van der Waals surface area contributed by atoms with E-state index in [0.29, 0.717) is 45.7 Å². The molecule has 0 aliphatic heterocycles. The van der Waals surface area contributed by atoms with Crippen molar-refractivity contribution >= 4 is 40.7 Å². The van der Waals surface area contributed by atoms with Crippen LogP contribution < -0.4 is 15.4 Å². The molecule has 0 bridgehead atoms. The fourth-order valence-corrected chi connectivity index (χ4v) is 4.29. The number of anilines is 1. The number of carbonyl (C=O) groups excluding carboxylic acids is 2.